The molecule has 0 aromatic carbocycles. The number of hydrogen-bond donors (Lipinski definition) is 1. The number of aromatic nitrogens is 1. The molecule has 0 unspecified atom stereocenters. The van der Waals surface area contributed by atoms with E-state index in [1.54, 1.807) is 0 Å². The molecule has 5 heteroatoms. The van der Waals surface area contributed by atoms with Crippen LogP contribution >= 0.6 is 0 Å². The van der Waals surface area contributed by atoms with Crippen LogP contribution in [0.4, 0.5) is 5.69 Å². The van der Waals surface area contributed by atoms with Crippen LogP contribution in [0.25, 0.3) is 0 Å². The fraction of sp³-hybridized carbons (Fsp3) is 0.588. The number of allylic oxidation sites excluding steroid dienone is 1. The molecule has 122 valence electrons. The van der Waals surface area contributed by atoms with Gasteiger partial charge in [0.15, 0.2) is 0 Å². The van der Waals surface area contributed by atoms with E-state index in [2.05, 4.69) is 35.2 Å². The van der Waals surface area contributed by atoms with Crippen molar-refractivity contribution in [3.63, 3.8) is 0 Å². The van der Waals surface area contributed by atoms with Crippen molar-refractivity contribution in [1.82, 2.24) is 9.88 Å². The van der Waals surface area contributed by atoms with Crippen LogP contribution in [-0.2, 0) is 11.3 Å². The average molecular weight is 305 g/mol. The fourth-order valence-corrected chi connectivity index (χ4v) is 3.11. The molecule has 1 saturated heterocycles. The van der Waals surface area contributed by atoms with Crippen molar-refractivity contribution in [2.24, 2.45) is 0 Å². The Morgan fingerprint density at radius 2 is 2.05 bits per heavy atom. The first kappa shape index (κ1) is 16.6. The zero-order valence-electron chi connectivity index (χ0n) is 13.9. The summed E-state index contributed by atoms with van der Waals surface area (Å²) < 4.78 is 7.51. The molecule has 0 aliphatic carbocycles. The number of carbonyl (C=O) groups is 1. The van der Waals surface area contributed by atoms with Crippen molar-refractivity contribution in [2.75, 3.05) is 37.7 Å². The van der Waals surface area contributed by atoms with Gasteiger partial charge in [0.05, 0.1) is 18.9 Å². The molecule has 2 heterocycles. The van der Waals surface area contributed by atoms with Crippen LogP contribution < -0.4 is 10.2 Å². The average Bonchev–Trinajstić information content (AvgIpc) is 2.77. The molecule has 0 radical (unpaired) electrons. The standard InChI is InChI=1S/C17H27N3O2/c1-5-7-18-17(21)16-13(3)15(14(4)20(16)8-6-2)19-9-11-22-12-10-19/h6H,2,5,7-12H2,1,3-4H3,(H,18,21). The number of amides is 1. The molecular formula is C17H27N3O2. The largest absolute Gasteiger partial charge is 0.378 e. The number of morpholine rings is 1. The second kappa shape index (κ2) is 7.49. The molecule has 1 fully saturated rings. The second-order valence-corrected chi connectivity index (χ2v) is 5.66. The van der Waals surface area contributed by atoms with E-state index in [9.17, 15) is 4.79 Å². The zero-order valence-corrected chi connectivity index (χ0v) is 13.9. The predicted octanol–water partition coefficient (Wildman–Crippen LogP) is 2.27. The molecular weight excluding hydrogens is 278 g/mol. The van der Waals surface area contributed by atoms with Crippen LogP contribution in [0.2, 0.25) is 0 Å². The van der Waals surface area contributed by atoms with Gasteiger partial charge in [0.25, 0.3) is 5.91 Å². The quantitative estimate of drug-likeness (QED) is 0.820. The summed E-state index contributed by atoms with van der Waals surface area (Å²) in [5, 5.41) is 2.99. The lowest BCUT2D eigenvalue weighted by Crippen LogP contribution is -2.36. The van der Waals surface area contributed by atoms with Crippen LogP contribution in [0.5, 0.6) is 0 Å². The lowest BCUT2D eigenvalue weighted by Gasteiger charge is -2.29. The van der Waals surface area contributed by atoms with E-state index in [0.29, 0.717) is 13.1 Å². The van der Waals surface area contributed by atoms with Crippen LogP contribution in [-0.4, -0.2) is 43.3 Å². The summed E-state index contributed by atoms with van der Waals surface area (Å²) in [7, 11) is 0. The van der Waals surface area contributed by atoms with Gasteiger partial charge in [-0.15, -0.1) is 6.58 Å². The van der Waals surface area contributed by atoms with Gasteiger partial charge in [-0.25, -0.2) is 0 Å². The van der Waals surface area contributed by atoms with Gasteiger partial charge in [-0.3, -0.25) is 4.79 Å². The third-order valence-electron chi connectivity index (χ3n) is 4.12. The summed E-state index contributed by atoms with van der Waals surface area (Å²) in [5.74, 6) is 0.00353. The third-order valence-corrected chi connectivity index (χ3v) is 4.12. The first-order chi connectivity index (χ1) is 10.6. The van der Waals surface area contributed by atoms with Gasteiger partial charge in [0.2, 0.25) is 0 Å². The van der Waals surface area contributed by atoms with Crippen molar-refractivity contribution in [3.8, 4) is 0 Å². The van der Waals surface area contributed by atoms with Gasteiger partial charge in [-0.2, -0.15) is 0 Å². The number of rotatable bonds is 6. The predicted molar refractivity (Wildman–Crippen MR) is 89.8 cm³/mol. The Balaban J connectivity index is 2.42. The molecule has 0 bridgehead atoms. The van der Waals surface area contributed by atoms with Gasteiger partial charge < -0.3 is 19.5 Å². The molecule has 1 aromatic heterocycles. The van der Waals surface area contributed by atoms with Crippen molar-refractivity contribution in [3.05, 3.63) is 29.6 Å². The molecule has 1 aliphatic rings. The van der Waals surface area contributed by atoms with Crippen molar-refractivity contribution in [1.29, 1.82) is 0 Å². The molecule has 1 aromatic rings. The monoisotopic (exact) mass is 305 g/mol. The minimum atomic E-state index is 0.00353. The Hall–Kier alpha value is -1.75. The van der Waals surface area contributed by atoms with Crippen LogP contribution in [0.15, 0.2) is 12.7 Å². The minimum absolute atomic E-state index is 0.00353. The van der Waals surface area contributed by atoms with Crippen LogP contribution in [0.3, 0.4) is 0 Å². The molecule has 5 nitrogen and oxygen atoms in total. The summed E-state index contributed by atoms with van der Waals surface area (Å²) in [6.07, 6.45) is 2.77. The van der Waals surface area contributed by atoms with E-state index >= 15 is 0 Å². The Morgan fingerprint density at radius 3 is 2.64 bits per heavy atom. The van der Waals surface area contributed by atoms with E-state index in [1.807, 2.05) is 13.0 Å². The Bertz CT molecular complexity index is 543. The lowest BCUT2D eigenvalue weighted by atomic mass is 10.2. The molecule has 0 spiro atoms. The van der Waals surface area contributed by atoms with Gasteiger partial charge in [-0.1, -0.05) is 13.0 Å². The van der Waals surface area contributed by atoms with E-state index in [-0.39, 0.29) is 5.91 Å². The summed E-state index contributed by atoms with van der Waals surface area (Å²) >= 11 is 0. The van der Waals surface area contributed by atoms with Crippen molar-refractivity contribution < 1.29 is 9.53 Å². The molecule has 0 saturated carbocycles. The maximum Gasteiger partial charge on any atom is 0.268 e. The molecule has 22 heavy (non-hydrogen) atoms. The summed E-state index contributed by atoms with van der Waals surface area (Å²) in [6, 6.07) is 0. The van der Waals surface area contributed by atoms with Crippen molar-refractivity contribution >= 4 is 11.6 Å². The van der Waals surface area contributed by atoms with Crippen LogP contribution in [0, 0.1) is 13.8 Å². The maximum atomic E-state index is 12.6. The molecule has 0 atom stereocenters. The summed E-state index contributed by atoms with van der Waals surface area (Å²) in [5.41, 5.74) is 4.11. The highest BCUT2D eigenvalue weighted by molar-refractivity contribution is 5.96. The number of nitrogens with one attached hydrogen (secondary N) is 1. The van der Waals surface area contributed by atoms with Crippen molar-refractivity contribution in [2.45, 2.75) is 33.7 Å². The van der Waals surface area contributed by atoms with Gasteiger partial charge in [0, 0.05) is 37.4 Å². The molecule has 1 aliphatic heterocycles. The number of carbonyl (C=O) groups excluding carboxylic acids is 1. The van der Waals surface area contributed by atoms with Gasteiger partial charge in [-0.05, 0) is 20.3 Å². The smallest absolute Gasteiger partial charge is 0.268 e. The van der Waals surface area contributed by atoms with E-state index < -0.39 is 0 Å². The van der Waals surface area contributed by atoms with Gasteiger partial charge in [0.1, 0.15) is 5.69 Å². The number of anilines is 1. The normalized spacial score (nSPS) is 15.0. The number of nitrogens with zero attached hydrogens (tertiary/aromatic N) is 2. The molecule has 1 amide bonds. The van der Waals surface area contributed by atoms with E-state index in [1.165, 1.54) is 5.69 Å². The highest BCUT2D eigenvalue weighted by Gasteiger charge is 2.26. The first-order valence-corrected chi connectivity index (χ1v) is 8.03. The Labute approximate surface area is 132 Å². The minimum Gasteiger partial charge on any atom is -0.378 e. The maximum absolute atomic E-state index is 12.6. The topological polar surface area (TPSA) is 46.5 Å². The highest BCUT2D eigenvalue weighted by atomic mass is 16.5. The Morgan fingerprint density at radius 1 is 1.36 bits per heavy atom. The molecule has 2 rings (SSSR count). The summed E-state index contributed by atoms with van der Waals surface area (Å²) in [6.45, 7) is 14.6. The van der Waals surface area contributed by atoms with E-state index in [4.69, 9.17) is 4.74 Å². The number of ether oxygens (including phenoxy) is 1. The first-order valence-electron chi connectivity index (χ1n) is 8.03. The third kappa shape index (κ3) is 3.19. The zero-order chi connectivity index (χ0) is 16.1. The second-order valence-electron chi connectivity index (χ2n) is 5.66. The number of hydrogen-bond acceptors (Lipinski definition) is 3. The highest BCUT2D eigenvalue weighted by Crippen LogP contribution is 2.31. The van der Waals surface area contributed by atoms with Gasteiger partial charge >= 0.3 is 0 Å². The summed E-state index contributed by atoms with van der Waals surface area (Å²) in [4.78, 5) is 14.9. The van der Waals surface area contributed by atoms with Crippen LogP contribution in [0.1, 0.15) is 35.1 Å². The van der Waals surface area contributed by atoms with E-state index in [0.717, 1.165) is 49.7 Å². The fourth-order valence-electron chi connectivity index (χ4n) is 3.11. The molecule has 1 N–H and O–H groups in total. The lowest BCUT2D eigenvalue weighted by molar-refractivity contribution is 0.0944. The SMILES string of the molecule is C=CCn1c(C)c(N2CCOCC2)c(C)c1C(=O)NCCC. The Kier molecular flexibility index (Phi) is 5.66.